The topological polar surface area (TPSA) is 9.23 Å². The van der Waals surface area contributed by atoms with Crippen molar-refractivity contribution in [3.05, 3.63) is 50.1 Å². The van der Waals surface area contributed by atoms with Gasteiger partial charge in [0.1, 0.15) is 12.4 Å². The lowest BCUT2D eigenvalue weighted by Crippen LogP contribution is -1.95. The van der Waals surface area contributed by atoms with Gasteiger partial charge >= 0.3 is 0 Å². The summed E-state index contributed by atoms with van der Waals surface area (Å²) in [5.74, 6) is 0.935. The van der Waals surface area contributed by atoms with Gasteiger partial charge in [-0.1, -0.05) is 15.9 Å². The Morgan fingerprint density at radius 3 is 2.50 bits per heavy atom. The smallest absolute Gasteiger partial charge is 0.120 e. The van der Waals surface area contributed by atoms with Gasteiger partial charge in [0.15, 0.2) is 0 Å². The van der Waals surface area contributed by atoms with Crippen molar-refractivity contribution in [1.29, 1.82) is 0 Å². The van der Waals surface area contributed by atoms with Gasteiger partial charge in [0.25, 0.3) is 0 Å². The third-order valence-corrected chi connectivity index (χ3v) is 4.38. The van der Waals surface area contributed by atoms with E-state index in [1.54, 1.807) is 11.3 Å². The maximum Gasteiger partial charge on any atom is 0.120 e. The highest BCUT2D eigenvalue weighted by atomic mass is 79.9. The second-order valence-corrected chi connectivity index (χ2v) is 5.36. The van der Waals surface area contributed by atoms with Crippen LogP contribution < -0.4 is 4.74 Å². The number of aryl methyl sites for hydroxylation is 2. The predicted molar refractivity (Wildman–Crippen MR) is 72.3 cm³/mol. The second kappa shape index (κ2) is 5.02. The zero-order valence-corrected chi connectivity index (χ0v) is 11.7. The average molecular weight is 297 g/mol. The second-order valence-electron chi connectivity index (χ2n) is 3.79. The van der Waals surface area contributed by atoms with Gasteiger partial charge in [-0.25, -0.2) is 0 Å². The lowest BCUT2D eigenvalue weighted by molar-refractivity contribution is 0.306. The van der Waals surface area contributed by atoms with Crippen molar-refractivity contribution in [1.82, 2.24) is 0 Å². The minimum absolute atomic E-state index is 0.643. The molecule has 0 radical (unpaired) electrons. The third kappa shape index (κ3) is 2.66. The van der Waals surface area contributed by atoms with Crippen LogP contribution in [0, 0.1) is 13.8 Å². The Morgan fingerprint density at radius 2 is 1.94 bits per heavy atom. The number of hydrogen-bond acceptors (Lipinski definition) is 2. The van der Waals surface area contributed by atoms with E-state index in [4.69, 9.17) is 4.74 Å². The zero-order chi connectivity index (χ0) is 11.5. The number of benzene rings is 1. The molecule has 0 atom stereocenters. The fourth-order valence-corrected chi connectivity index (χ4v) is 2.41. The van der Waals surface area contributed by atoms with Gasteiger partial charge in [-0.05, 0) is 59.5 Å². The Kier molecular flexibility index (Phi) is 3.66. The molecule has 2 aromatic rings. The van der Waals surface area contributed by atoms with Crippen molar-refractivity contribution < 1.29 is 4.74 Å². The number of rotatable bonds is 3. The van der Waals surface area contributed by atoms with Crippen LogP contribution in [0.25, 0.3) is 0 Å². The lowest BCUT2D eigenvalue weighted by atomic mass is 10.1. The van der Waals surface area contributed by atoms with Crippen LogP contribution in [0.1, 0.15) is 16.7 Å². The molecule has 0 bridgehead atoms. The first-order valence-corrected chi connectivity index (χ1v) is 6.81. The molecular formula is C13H13BrOS. The molecule has 0 aliphatic rings. The Balaban J connectivity index is 2.10. The van der Waals surface area contributed by atoms with Crippen LogP contribution in [0.15, 0.2) is 33.4 Å². The summed E-state index contributed by atoms with van der Waals surface area (Å²) in [6.07, 6.45) is 0. The molecule has 0 aliphatic heterocycles. The van der Waals surface area contributed by atoms with Crippen LogP contribution in [0.3, 0.4) is 0 Å². The van der Waals surface area contributed by atoms with E-state index in [1.165, 1.54) is 16.7 Å². The van der Waals surface area contributed by atoms with E-state index in [9.17, 15) is 0 Å². The number of thiophene rings is 1. The van der Waals surface area contributed by atoms with Crippen molar-refractivity contribution >= 4 is 27.3 Å². The van der Waals surface area contributed by atoms with Crippen LogP contribution in [0.5, 0.6) is 5.75 Å². The average Bonchev–Trinajstić information content (AvgIpc) is 2.75. The van der Waals surface area contributed by atoms with Crippen LogP contribution >= 0.6 is 27.3 Å². The number of ether oxygens (including phenoxy) is 1. The molecule has 0 aliphatic carbocycles. The highest BCUT2D eigenvalue weighted by Gasteiger charge is 2.03. The molecule has 0 saturated carbocycles. The molecule has 1 nitrogen and oxygen atoms in total. The standard InChI is InChI=1S/C13H13BrOS/c1-9-5-12(6-10(2)13(9)14)15-7-11-3-4-16-8-11/h3-6,8H,7H2,1-2H3. The number of hydrogen-bond donors (Lipinski definition) is 0. The van der Waals surface area contributed by atoms with E-state index in [-0.39, 0.29) is 0 Å². The molecule has 0 fully saturated rings. The van der Waals surface area contributed by atoms with Crippen LogP contribution in [-0.2, 0) is 6.61 Å². The highest BCUT2D eigenvalue weighted by Crippen LogP contribution is 2.26. The summed E-state index contributed by atoms with van der Waals surface area (Å²) in [6, 6.07) is 6.20. The van der Waals surface area contributed by atoms with Crippen molar-refractivity contribution in [3.63, 3.8) is 0 Å². The van der Waals surface area contributed by atoms with Gasteiger partial charge < -0.3 is 4.74 Å². The molecule has 0 spiro atoms. The van der Waals surface area contributed by atoms with Gasteiger partial charge in [0, 0.05) is 4.47 Å². The quantitative estimate of drug-likeness (QED) is 0.797. The van der Waals surface area contributed by atoms with Crippen molar-refractivity contribution in [2.24, 2.45) is 0 Å². The van der Waals surface area contributed by atoms with E-state index in [1.807, 2.05) is 0 Å². The summed E-state index contributed by atoms with van der Waals surface area (Å²) in [5, 5.41) is 4.18. The maximum atomic E-state index is 5.75. The molecule has 3 heteroatoms. The number of halogens is 1. The van der Waals surface area contributed by atoms with E-state index in [2.05, 4.69) is 58.7 Å². The van der Waals surface area contributed by atoms with Crippen LogP contribution in [0.2, 0.25) is 0 Å². The first-order valence-electron chi connectivity index (χ1n) is 5.07. The molecule has 1 aromatic carbocycles. The Morgan fingerprint density at radius 1 is 1.25 bits per heavy atom. The first-order chi connectivity index (χ1) is 7.66. The fourth-order valence-electron chi connectivity index (χ4n) is 1.53. The minimum Gasteiger partial charge on any atom is -0.489 e. The summed E-state index contributed by atoms with van der Waals surface area (Å²) in [5.41, 5.74) is 3.64. The summed E-state index contributed by atoms with van der Waals surface area (Å²) in [7, 11) is 0. The lowest BCUT2D eigenvalue weighted by Gasteiger charge is -2.09. The summed E-state index contributed by atoms with van der Waals surface area (Å²) in [6.45, 7) is 4.80. The molecular weight excluding hydrogens is 284 g/mol. The summed E-state index contributed by atoms with van der Waals surface area (Å²) in [4.78, 5) is 0. The third-order valence-electron chi connectivity index (χ3n) is 2.40. The van der Waals surface area contributed by atoms with E-state index >= 15 is 0 Å². The minimum atomic E-state index is 0.643. The molecule has 2 rings (SSSR count). The van der Waals surface area contributed by atoms with Crippen molar-refractivity contribution in [3.8, 4) is 5.75 Å². The van der Waals surface area contributed by atoms with Gasteiger partial charge in [-0.2, -0.15) is 11.3 Å². The molecule has 1 heterocycles. The largest absolute Gasteiger partial charge is 0.489 e. The van der Waals surface area contributed by atoms with Gasteiger partial charge in [-0.15, -0.1) is 0 Å². The summed E-state index contributed by atoms with van der Waals surface area (Å²) >= 11 is 5.25. The molecule has 84 valence electrons. The molecule has 0 N–H and O–H groups in total. The molecule has 0 saturated heterocycles. The molecule has 0 unspecified atom stereocenters. The van der Waals surface area contributed by atoms with Crippen LogP contribution in [0.4, 0.5) is 0 Å². The Labute approximate surface area is 108 Å². The van der Waals surface area contributed by atoms with Gasteiger partial charge in [0.05, 0.1) is 0 Å². The van der Waals surface area contributed by atoms with E-state index in [0.717, 1.165) is 10.2 Å². The molecule has 16 heavy (non-hydrogen) atoms. The predicted octanol–water partition coefficient (Wildman–Crippen LogP) is 4.71. The van der Waals surface area contributed by atoms with Gasteiger partial charge in [0.2, 0.25) is 0 Å². The van der Waals surface area contributed by atoms with E-state index in [0.29, 0.717) is 6.61 Å². The Bertz CT molecular complexity index is 454. The van der Waals surface area contributed by atoms with Crippen molar-refractivity contribution in [2.45, 2.75) is 20.5 Å². The van der Waals surface area contributed by atoms with Gasteiger partial charge in [-0.3, -0.25) is 0 Å². The van der Waals surface area contributed by atoms with Crippen molar-refractivity contribution in [2.75, 3.05) is 0 Å². The SMILES string of the molecule is Cc1cc(OCc2ccsc2)cc(C)c1Br. The first kappa shape index (κ1) is 11.7. The Hall–Kier alpha value is -0.800. The zero-order valence-electron chi connectivity index (χ0n) is 9.29. The highest BCUT2D eigenvalue weighted by molar-refractivity contribution is 9.10. The fraction of sp³-hybridized carbons (Fsp3) is 0.231. The normalized spacial score (nSPS) is 10.4. The molecule has 0 amide bonds. The monoisotopic (exact) mass is 296 g/mol. The van der Waals surface area contributed by atoms with Crippen LogP contribution in [-0.4, -0.2) is 0 Å². The summed E-state index contributed by atoms with van der Waals surface area (Å²) < 4.78 is 6.92. The van der Waals surface area contributed by atoms with E-state index < -0.39 is 0 Å². The molecule has 1 aromatic heterocycles. The maximum absolute atomic E-state index is 5.75.